The van der Waals surface area contributed by atoms with Crippen LogP contribution in [0, 0.1) is 0 Å². The summed E-state index contributed by atoms with van der Waals surface area (Å²) in [6.45, 7) is 1.88. The maximum absolute atomic E-state index is 12.9. The third-order valence-electron chi connectivity index (χ3n) is 5.33. The summed E-state index contributed by atoms with van der Waals surface area (Å²) < 4.78 is 27.3. The summed E-state index contributed by atoms with van der Waals surface area (Å²) >= 11 is 5.89. The number of anilines is 2. The number of sulfonamides is 1. The normalized spacial score (nSPS) is 15.1. The van der Waals surface area contributed by atoms with Crippen LogP contribution in [0.4, 0.5) is 11.5 Å². The average Bonchev–Trinajstić information content (AvgIpc) is 2.79. The number of halogens is 1. The van der Waals surface area contributed by atoms with Gasteiger partial charge in [0, 0.05) is 62.6 Å². The summed E-state index contributed by atoms with van der Waals surface area (Å²) in [6, 6.07) is 16.3. The first kappa shape index (κ1) is 21.5. The SMILES string of the molecule is CN(C)c1ccccc1-c1cc(N2CCN(S(=O)(=O)c3ccc(Cl)cc3)CC2)ncn1. The summed E-state index contributed by atoms with van der Waals surface area (Å²) in [5.41, 5.74) is 2.94. The molecule has 1 fully saturated rings. The van der Waals surface area contributed by atoms with Crippen LogP contribution in [-0.4, -0.2) is 63.0 Å². The lowest BCUT2D eigenvalue weighted by Crippen LogP contribution is -2.48. The van der Waals surface area contributed by atoms with Crippen molar-refractivity contribution in [1.29, 1.82) is 0 Å². The molecule has 1 aliphatic heterocycles. The predicted octanol–water partition coefficient (Wildman–Crippen LogP) is 3.37. The first-order valence-corrected chi connectivity index (χ1v) is 11.8. The molecular weight excluding hydrogens is 434 g/mol. The molecule has 1 aromatic heterocycles. The van der Waals surface area contributed by atoms with Crippen molar-refractivity contribution >= 4 is 33.1 Å². The Bertz CT molecular complexity index is 1160. The molecular formula is C22H24ClN5O2S. The second kappa shape index (κ2) is 8.82. The number of nitrogens with zero attached hydrogens (tertiary/aromatic N) is 5. The molecule has 0 spiro atoms. The fourth-order valence-corrected chi connectivity index (χ4v) is 5.21. The minimum atomic E-state index is -3.54. The number of piperazine rings is 1. The highest BCUT2D eigenvalue weighted by Crippen LogP contribution is 2.30. The molecule has 162 valence electrons. The molecule has 1 aliphatic rings. The van der Waals surface area contributed by atoms with Gasteiger partial charge in [0.2, 0.25) is 10.0 Å². The standard InChI is InChI=1S/C22H24ClN5O2S/c1-26(2)21-6-4-3-5-19(21)20-15-22(25-16-24-20)27-11-13-28(14-12-27)31(29,30)18-9-7-17(23)8-10-18/h3-10,15-16H,11-14H2,1-2H3. The Kier molecular flexibility index (Phi) is 6.13. The Morgan fingerprint density at radius 1 is 0.935 bits per heavy atom. The molecule has 7 nitrogen and oxygen atoms in total. The van der Waals surface area contributed by atoms with Gasteiger partial charge in [-0.1, -0.05) is 29.8 Å². The molecule has 0 atom stereocenters. The quantitative estimate of drug-likeness (QED) is 0.585. The fourth-order valence-electron chi connectivity index (χ4n) is 3.66. The van der Waals surface area contributed by atoms with Crippen molar-refractivity contribution in [1.82, 2.24) is 14.3 Å². The van der Waals surface area contributed by atoms with Crippen molar-refractivity contribution in [2.75, 3.05) is 50.1 Å². The van der Waals surface area contributed by atoms with Gasteiger partial charge in [-0.3, -0.25) is 0 Å². The Balaban J connectivity index is 1.51. The van der Waals surface area contributed by atoms with E-state index in [2.05, 4.69) is 25.8 Å². The van der Waals surface area contributed by atoms with Crippen molar-refractivity contribution in [3.8, 4) is 11.3 Å². The number of rotatable bonds is 5. The summed E-state index contributed by atoms with van der Waals surface area (Å²) in [5.74, 6) is 0.794. The molecule has 0 amide bonds. The predicted molar refractivity (Wildman–Crippen MR) is 124 cm³/mol. The van der Waals surface area contributed by atoms with Crippen molar-refractivity contribution < 1.29 is 8.42 Å². The van der Waals surface area contributed by atoms with Crippen molar-refractivity contribution in [2.24, 2.45) is 0 Å². The van der Waals surface area contributed by atoms with E-state index in [1.54, 1.807) is 30.6 Å². The number of hydrogen-bond donors (Lipinski definition) is 0. The molecule has 0 bridgehead atoms. The van der Waals surface area contributed by atoms with Crippen molar-refractivity contribution in [3.05, 3.63) is 65.9 Å². The van der Waals surface area contributed by atoms with Crippen molar-refractivity contribution in [2.45, 2.75) is 4.90 Å². The van der Waals surface area contributed by atoms with Gasteiger partial charge in [0.25, 0.3) is 0 Å². The molecule has 0 saturated carbocycles. The van der Waals surface area contributed by atoms with E-state index in [-0.39, 0.29) is 4.90 Å². The number of hydrogen-bond acceptors (Lipinski definition) is 6. The molecule has 0 radical (unpaired) electrons. The largest absolute Gasteiger partial charge is 0.377 e. The van der Waals surface area contributed by atoms with E-state index in [0.29, 0.717) is 31.2 Å². The summed E-state index contributed by atoms with van der Waals surface area (Å²) in [5, 5.41) is 0.513. The zero-order chi connectivity index (χ0) is 22.0. The van der Waals surface area contributed by atoms with Gasteiger partial charge in [-0.15, -0.1) is 0 Å². The lowest BCUT2D eigenvalue weighted by molar-refractivity contribution is 0.384. The van der Waals surface area contributed by atoms with Gasteiger partial charge in [-0.05, 0) is 30.3 Å². The summed E-state index contributed by atoms with van der Waals surface area (Å²) in [7, 11) is 0.462. The minimum absolute atomic E-state index is 0.259. The Labute approximate surface area is 188 Å². The molecule has 3 aromatic rings. The van der Waals surface area contributed by atoms with E-state index < -0.39 is 10.0 Å². The highest BCUT2D eigenvalue weighted by Gasteiger charge is 2.29. The van der Waals surface area contributed by atoms with E-state index >= 15 is 0 Å². The second-order valence-corrected chi connectivity index (χ2v) is 9.89. The van der Waals surface area contributed by atoms with Gasteiger partial charge in [-0.25, -0.2) is 18.4 Å². The number of para-hydroxylation sites is 1. The molecule has 2 aromatic carbocycles. The van der Waals surface area contributed by atoms with Gasteiger partial charge in [0.15, 0.2) is 0 Å². The van der Waals surface area contributed by atoms with E-state index in [9.17, 15) is 8.42 Å². The van der Waals surface area contributed by atoms with Crippen LogP contribution in [0.1, 0.15) is 0 Å². The van der Waals surface area contributed by atoms with E-state index in [4.69, 9.17) is 11.6 Å². The van der Waals surface area contributed by atoms with Crippen LogP contribution in [0.25, 0.3) is 11.3 Å². The van der Waals surface area contributed by atoms with Gasteiger partial charge in [0.1, 0.15) is 12.1 Å². The van der Waals surface area contributed by atoms with Crippen LogP contribution in [0.5, 0.6) is 0 Å². The molecule has 0 N–H and O–H groups in total. The van der Waals surface area contributed by atoms with Crippen LogP contribution >= 0.6 is 11.6 Å². The highest BCUT2D eigenvalue weighted by molar-refractivity contribution is 7.89. The zero-order valence-electron chi connectivity index (χ0n) is 17.4. The number of aromatic nitrogens is 2. The zero-order valence-corrected chi connectivity index (χ0v) is 19.0. The van der Waals surface area contributed by atoms with E-state index in [1.807, 2.05) is 38.4 Å². The van der Waals surface area contributed by atoms with Crippen molar-refractivity contribution in [3.63, 3.8) is 0 Å². The van der Waals surface area contributed by atoms with Crippen LogP contribution < -0.4 is 9.80 Å². The number of benzene rings is 2. The molecule has 0 unspecified atom stereocenters. The van der Waals surface area contributed by atoms with Crippen LogP contribution in [-0.2, 0) is 10.0 Å². The average molecular weight is 458 g/mol. The Morgan fingerprint density at radius 3 is 2.29 bits per heavy atom. The second-order valence-electron chi connectivity index (χ2n) is 7.52. The molecule has 0 aliphatic carbocycles. The summed E-state index contributed by atoms with van der Waals surface area (Å²) in [6.07, 6.45) is 1.56. The molecule has 4 rings (SSSR count). The van der Waals surface area contributed by atoms with Gasteiger partial charge in [-0.2, -0.15) is 4.31 Å². The molecule has 31 heavy (non-hydrogen) atoms. The maximum Gasteiger partial charge on any atom is 0.243 e. The first-order valence-electron chi connectivity index (χ1n) is 9.96. The summed E-state index contributed by atoms with van der Waals surface area (Å²) in [4.78, 5) is 13.3. The molecule has 2 heterocycles. The Hall–Kier alpha value is -2.68. The smallest absolute Gasteiger partial charge is 0.243 e. The lowest BCUT2D eigenvalue weighted by atomic mass is 10.1. The van der Waals surface area contributed by atoms with Crippen LogP contribution in [0.15, 0.2) is 65.8 Å². The van der Waals surface area contributed by atoms with Gasteiger partial charge in [0.05, 0.1) is 10.6 Å². The Morgan fingerprint density at radius 2 is 1.61 bits per heavy atom. The minimum Gasteiger partial charge on any atom is -0.377 e. The first-order chi connectivity index (χ1) is 14.9. The third-order valence-corrected chi connectivity index (χ3v) is 7.49. The highest BCUT2D eigenvalue weighted by atomic mass is 35.5. The fraction of sp³-hybridized carbons (Fsp3) is 0.273. The van der Waals surface area contributed by atoms with Crippen LogP contribution in [0.3, 0.4) is 0 Å². The van der Waals surface area contributed by atoms with E-state index in [0.717, 1.165) is 22.8 Å². The topological polar surface area (TPSA) is 69.6 Å². The van der Waals surface area contributed by atoms with Gasteiger partial charge >= 0.3 is 0 Å². The van der Waals surface area contributed by atoms with Gasteiger partial charge < -0.3 is 9.80 Å². The molecule has 9 heteroatoms. The maximum atomic E-state index is 12.9. The molecule has 1 saturated heterocycles. The third kappa shape index (κ3) is 4.51. The van der Waals surface area contributed by atoms with E-state index in [1.165, 1.54) is 4.31 Å². The monoisotopic (exact) mass is 457 g/mol. The van der Waals surface area contributed by atoms with Crippen LogP contribution in [0.2, 0.25) is 5.02 Å². The lowest BCUT2D eigenvalue weighted by Gasteiger charge is -2.34.